The SMILES string of the molecule is CCc1ccc(S(=O)(=O)Nc2ccc(S(=O)(=O)Nc3ccccn3)cc2)cc1. The number of hydrogen-bond donors (Lipinski definition) is 2. The zero-order chi connectivity index (χ0) is 20.2. The molecule has 7 nitrogen and oxygen atoms in total. The van der Waals surface area contributed by atoms with Crippen LogP contribution in [0.3, 0.4) is 0 Å². The third-order valence-corrected chi connectivity index (χ3v) is 6.73. The van der Waals surface area contributed by atoms with Crippen LogP contribution in [0.5, 0.6) is 0 Å². The van der Waals surface area contributed by atoms with E-state index in [0.29, 0.717) is 0 Å². The van der Waals surface area contributed by atoms with Gasteiger partial charge in [0, 0.05) is 11.9 Å². The van der Waals surface area contributed by atoms with Gasteiger partial charge < -0.3 is 0 Å². The van der Waals surface area contributed by atoms with Gasteiger partial charge in [0.25, 0.3) is 20.0 Å². The maximum atomic E-state index is 12.5. The third-order valence-electron chi connectivity index (χ3n) is 3.96. The van der Waals surface area contributed by atoms with Crippen LogP contribution in [-0.2, 0) is 26.5 Å². The van der Waals surface area contributed by atoms with Gasteiger partial charge in [0.05, 0.1) is 9.79 Å². The second-order valence-corrected chi connectivity index (χ2v) is 9.31. The number of pyridine rings is 1. The second kappa shape index (κ2) is 7.99. The average Bonchev–Trinajstić information content (AvgIpc) is 2.68. The number of anilines is 2. The summed E-state index contributed by atoms with van der Waals surface area (Å²) in [5.41, 5.74) is 1.30. The maximum Gasteiger partial charge on any atom is 0.263 e. The number of benzene rings is 2. The molecule has 28 heavy (non-hydrogen) atoms. The minimum Gasteiger partial charge on any atom is -0.280 e. The van der Waals surface area contributed by atoms with Gasteiger partial charge >= 0.3 is 0 Å². The van der Waals surface area contributed by atoms with E-state index in [1.54, 1.807) is 24.3 Å². The van der Waals surface area contributed by atoms with Crippen LogP contribution < -0.4 is 9.44 Å². The highest BCUT2D eigenvalue weighted by atomic mass is 32.2. The molecule has 0 amide bonds. The van der Waals surface area contributed by atoms with Gasteiger partial charge in [-0.2, -0.15) is 0 Å². The minimum absolute atomic E-state index is 0.00611. The van der Waals surface area contributed by atoms with Crippen LogP contribution in [0.15, 0.2) is 82.7 Å². The Morgan fingerprint density at radius 2 is 1.32 bits per heavy atom. The number of aromatic nitrogens is 1. The normalized spacial score (nSPS) is 11.8. The number of nitrogens with one attached hydrogen (secondary N) is 2. The van der Waals surface area contributed by atoms with E-state index in [1.165, 1.54) is 48.7 Å². The van der Waals surface area contributed by atoms with E-state index in [9.17, 15) is 16.8 Å². The van der Waals surface area contributed by atoms with E-state index in [-0.39, 0.29) is 21.3 Å². The zero-order valence-electron chi connectivity index (χ0n) is 15.0. The van der Waals surface area contributed by atoms with Gasteiger partial charge in [0.2, 0.25) is 0 Å². The lowest BCUT2D eigenvalue weighted by molar-refractivity contribution is 0.600. The predicted octanol–water partition coefficient (Wildman–Crippen LogP) is 3.25. The van der Waals surface area contributed by atoms with Crippen molar-refractivity contribution in [1.29, 1.82) is 0 Å². The van der Waals surface area contributed by atoms with Crippen LogP contribution in [0.4, 0.5) is 11.5 Å². The Labute approximate surface area is 164 Å². The molecule has 3 rings (SSSR count). The summed E-state index contributed by atoms with van der Waals surface area (Å²) in [6.07, 6.45) is 2.29. The maximum absolute atomic E-state index is 12.5. The molecule has 0 aliphatic rings. The van der Waals surface area contributed by atoms with E-state index in [2.05, 4.69) is 14.4 Å². The lowest BCUT2D eigenvalue weighted by Crippen LogP contribution is -2.15. The summed E-state index contributed by atoms with van der Waals surface area (Å²) in [5, 5.41) is 0. The molecule has 146 valence electrons. The van der Waals surface area contributed by atoms with E-state index in [0.717, 1.165) is 12.0 Å². The lowest BCUT2D eigenvalue weighted by atomic mass is 10.2. The standard InChI is InChI=1S/C19H19N3O4S2/c1-2-15-6-10-17(11-7-15)27(23,24)21-16-8-12-18(13-9-16)28(25,26)22-19-5-3-4-14-20-19/h3-14,21H,2H2,1H3,(H,20,22). The fraction of sp³-hybridized carbons (Fsp3) is 0.105. The first kappa shape index (κ1) is 19.8. The smallest absolute Gasteiger partial charge is 0.263 e. The summed E-state index contributed by atoms with van der Waals surface area (Å²) in [5.74, 6) is 0.197. The first-order valence-electron chi connectivity index (χ1n) is 8.46. The summed E-state index contributed by atoms with van der Waals surface area (Å²) >= 11 is 0. The Balaban J connectivity index is 1.76. The molecule has 0 spiro atoms. The predicted molar refractivity (Wildman–Crippen MR) is 108 cm³/mol. The van der Waals surface area contributed by atoms with Crippen molar-refractivity contribution in [2.45, 2.75) is 23.1 Å². The van der Waals surface area contributed by atoms with Crippen molar-refractivity contribution in [1.82, 2.24) is 4.98 Å². The largest absolute Gasteiger partial charge is 0.280 e. The third kappa shape index (κ3) is 4.68. The molecular weight excluding hydrogens is 398 g/mol. The van der Waals surface area contributed by atoms with Crippen molar-refractivity contribution in [2.75, 3.05) is 9.44 Å². The Morgan fingerprint density at radius 3 is 1.86 bits per heavy atom. The molecule has 0 atom stereocenters. The lowest BCUT2D eigenvalue weighted by Gasteiger charge is -2.10. The molecule has 0 bridgehead atoms. The Hall–Kier alpha value is -2.91. The number of aryl methyl sites for hydroxylation is 1. The van der Waals surface area contributed by atoms with Crippen molar-refractivity contribution in [3.8, 4) is 0 Å². The Bertz CT molecular complexity index is 1140. The number of nitrogens with zero attached hydrogens (tertiary/aromatic N) is 1. The van der Waals surface area contributed by atoms with Crippen molar-refractivity contribution < 1.29 is 16.8 Å². The van der Waals surface area contributed by atoms with Gasteiger partial charge in [0.15, 0.2) is 0 Å². The van der Waals surface area contributed by atoms with Crippen LogP contribution in [0.2, 0.25) is 0 Å². The Kier molecular flexibility index (Phi) is 5.66. The number of hydrogen-bond acceptors (Lipinski definition) is 5. The van der Waals surface area contributed by atoms with E-state index in [4.69, 9.17) is 0 Å². The molecule has 0 aliphatic heterocycles. The van der Waals surface area contributed by atoms with Crippen molar-refractivity contribution in [2.24, 2.45) is 0 Å². The quantitative estimate of drug-likeness (QED) is 0.614. The molecule has 0 saturated heterocycles. The highest BCUT2D eigenvalue weighted by molar-refractivity contribution is 7.93. The first-order chi connectivity index (χ1) is 13.3. The highest BCUT2D eigenvalue weighted by Crippen LogP contribution is 2.20. The molecule has 2 aromatic carbocycles. The van der Waals surface area contributed by atoms with Gasteiger partial charge in [-0.1, -0.05) is 25.1 Å². The van der Waals surface area contributed by atoms with Gasteiger partial charge in [-0.25, -0.2) is 21.8 Å². The molecule has 0 unspecified atom stereocenters. The van der Waals surface area contributed by atoms with E-state index >= 15 is 0 Å². The van der Waals surface area contributed by atoms with Gasteiger partial charge in [-0.3, -0.25) is 9.44 Å². The van der Waals surface area contributed by atoms with Crippen LogP contribution >= 0.6 is 0 Å². The molecule has 2 N–H and O–H groups in total. The molecule has 1 aromatic heterocycles. The molecule has 0 saturated carbocycles. The van der Waals surface area contributed by atoms with Crippen LogP contribution in [-0.4, -0.2) is 21.8 Å². The molecule has 0 radical (unpaired) electrons. The second-order valence-electron chi connectivity index (χ2n) is 5.95. The first-order valence-corrected chi connectivity index (χ1v) is 11.4. The molecule has 9 heteroatoms. The van der Waals surface area contributed by atoms with Crippen LogP contribution in [0, 0.1) is 0 Å². The van der Waals surface area contributed by atoms with Crippen molar-refractivity contribution in [3.05, 3.63) is 78.5 Å². The summed E-state index contributed by atoms with van der Waals surface area (Å²) in [4.78, 5) is 4.05. The fourth-order valence-corrected chi connectivity index (χ4v) is 4.51. The Morgan fingerprint density at radius 1 is 0.750 bits per heavy atom. The van der Waals surface area contributed by atoms with Crippen molar-refractivity contribution >= 4 is 31.6 Å². The topological polar surface area (TPSA) is 105 Å². The molecule has 3 aromatic rings. The summed E-state index contributed by atoms with van der Waals surface area (Å²) in [7, 11) is -7.58. The van der Waals surface area contributed by atoms with E-state index in [1.807, 2.05) is 6.92 Å². The van der Waals surface area contributed by atoms with Crippen molar-refractivity contribution in [3.63, 3.8) is 0 Å². The van der Waals surface area contributed by atoms with Gasteiger partial charge in [-0.05, 0) is 60.5 Å². The number of sulfonamides is 2. The minimum atomic E-state index is -3.82. The van der Waals surface area contributed by atoms with E-state index < -0.39 is 20.0 Å². The zero-order valence-corrected chi connectivity index (χ0v) is 16.7. The summed E-state index contributed by atoms with van der Waals surface area (Å²) in [6.45, 7) is 1.99. The molecular formula is C19H19N3O4S2. The highest BCUT2D eigenvalue weighted by Gasteiger charge is 2.17. The van der Waals surface area contributed by atoms with Gasteiger partial charge in [0.1, 0.15) is 5.82 Å². The van der Waals surface area contributed by atoms with Crippen LogP contribution in [0.25, 0.3) is 0 Å². The van der Waals surface area contributed by atoms with Gasteiger partial charge in [-0.15, -0.1) is 0 Å². The molecule has 1 heterocycles. The van der Waals surface area contributed by atoms with Crippen LogP contribution in [0.1, 0.15) is 12.5 Å². The monoisotopic (exact) mass is 417 g/mol. The average molecular weight is 418 g/mol. The fourth-order valence-electron chi connectivity index (χ4n) is 2.44. The number of rotatable bonds is 7. The molecule has 0 fully saturated rings. The molecule has 0 aliphatic carbocycles. The summed E-state index contributed by atoms with van der Waals surface area (Å²) < 4.78 is 54.5. The summed E-state index contributed by atoms with van der Waals surface area (Å²) in [6, 6.07) is 16.9.